The van der Waals surface area contributed by atoms with Crippen LogP contribution in [0.1, 0.15) is 10.4 Å². The molecule has 0 aliphatic heterocycles. The van der Waals surface area contributed by atoms with Crippen LogP contribution in [0.3, 0.4) is 0 Å². The van der Waals surface area contributed by atoms with Crippen molar-refractivity contribution in [2.45, 2.75) is 0 Å². The molecule has 0 aliphatic carbocycles. The first-order chi connectivity index (χ1) is 11.2. The average Bonchev–Trinajstić information content (AvgIpc) is 2.58. The van der Waals surface area contributed by atoms with Gasteiger partial charge in [0.25, 0.3) is 0 Å². The number of halogens is 1. The minimum atomic E-state index is 0.516. The van der Waals surface area contributed by atoms with Gasteiger partial charge in [-0.25, -0.2) is 4.98 Å². The zero-order valence-corrected chi connectivity index (χ0v) is 12.9. The molecule has 3 N–H and O–H groups in total. The average molecular weight is 324 g/mol. The maximum atomic E-state index is 11.3. The molecule has 0 atom stereocenters. The number of nitrogens with zero attached hydrogens (tertiary/aromatic N) is 1. The Morgan fingerprint density at radius 2 is 1.78 bits per heavy atom. The minimum Gasteiger partial charge on any atom is -0.396 e. The van der Waals surface area contributed by atoms with Crippen LogP contribution in [0.15, 0.2) is 60.8 Å². The van der Waals surface area contributed by atoms with Crippen LogP contribution < -0.4 is 11.1 Å². The van der Waals surface area contributed by atoms with Crippen LogP contribution in [-0.2, 0) is 0 Å². The molecule has 5 heteroatoms. The summed E-state index contributed by atoms with van der Waals surface area (Å²) in [6.45, 7) is 0. The number of rotatable bonds is 4. The van der Waals surface area contributed by atoms with Gasteiger partial charge in [-0.15, -0.1) is 0 Å². The smallest absolute Gasteiger partial charge is 0.153 e. The SMILES string of the molecule is Nc1cccnc1Nc1c(Cl)cccc1-c1ccccc1C=O. The number of benzene rings is 2. The number of para-hydroxylation sites is 1. The van der Waals surface area contributed by atoms with E-state index in [1.807, 2.05) is 30.3 Å². The third-order valence-electron chi connectivity index (χ3n) is 3.47. The van der Waals surface area contributed by atoms with E-state index in [-0.39, 0.29) is 0 Å². The second kappa shape index (κ2) is 6.50. The van der Waals surface area contributed by atoms with Crippen molar-refractivity contribution < 1.29 is 4.79 Å². The van der Waals surface area contributed by atoms with Gasteiger partial charge in [-0.1, -0.05) is 48.0 Å². The lowest BCUT2D eigenvalue weighted by Crippen LogP contribution is -2.01. The van der Waals surface area contributed by atoms with Crippen LogP contribution in [0.5, 0.6) is 0 Å². The normalized spacial score (nSPS) is 10.3. The first kappa shape index (κ1) is 15.1. The summed E-state index contributed by atoms with van der Waals surface area (Å²) in [5.41, 5.74) is 9.31. The molecule has 3 rings (SSSR count). The van der Waals surface area contributed by atoms with Gasteiger partial charge < -0.3 is 11.1 Å². The predicted molar refractivity (Wildman–Crippen MR) is 94.2 cm³/mol. The zero-order valence-electron chi connectivity index (χ0n) is 12.2. The van der Waals surface area contributed by atoms with Crippen LogP contribution in [0.25, 0.3) is 11.1 Å². The summed E-state index contributed by atoms with van der Waals surface area (Å²) in [4.78, 5) is 15.6. The van der Waals surface area contributed by atoms with Crippen LogP contribution in [0.4, 0.5) is 17.2 Å². The van der Waals surface area contributed by atoms with Crippen molar-refractivity contribution in [3.05, 3.63) is 71.4 Å². The lowest BCUT2D eigenvalue weighted by molar-refractivity contribution is 0.112. The summed E-state index contributed by atoms with van der Waals surface area (Å²) >= 11 is 6.36. The molecule has 114 valence electrons. The van der Waals surface area contributed by atoms with E-state index in [0.29, 0.717) is 27.8 Å². The van der Waals surface area contributed by atoms with Crippen molar-refractivity contribution in [2.75, 3.05) is 11.1 Å². The fourth-order valence-corrected chi connectivity index (χ4v) is 2.58. The number of pyridine rings is 1. The van der Waals surface area contributed by atoms with Gasteiger partial charge in [-0.05, 0) is 23.8 Å². The van der Waals surface area contributed by atoms with Crippen molar-refractivity contribution in [1.82, 2.24) is 4.98 Å². The Balaban J connectivity index is 2.15. The number of nitrogen functional groups attached to an aromatic ring is 1. The van der Waals surface area contributed by atoms with Gasteiger partial charge in [0.1, 0.15) is 0 Å². The van der Waals surface area contributed by atoms with E-state index < -0.39 is 0 Å². The van der Waals surface area contributed by atoms with Crippen LogP contribution >= 0.6 is 11.6 Å². The lowest BCUT2D eigenvalue weighted by Gasteiger charge is -2.15. The molecule has 2 aromatic carbocycles. The number of aldehydes is 1. The molecule has 3 aromatic rings. The Labute approximate surface area is 138 Å². The van der Waals surface area contributed by atoms with Gasteiger partial charge >= 0.3 is 0 Å². The summed E-state index contributed by atoms with van der Waals surface area (Å²) in [7, 11) is 0. The molecule has 0 saturated heterocycles. The largest absolute Gasteiger partial charge is 0.396 e. The maximum Gasteiger partial charge on any atom is 0.153 e. The van der Waals surface area contributed by atoms with E-state index in [4.69, 9.17) is 17.3 Å². The van der Waals surface area contributed by atoms with Crippen LogP contribution in [0, 0.1) is 0 Å². The van der Waals surface area contributed by atoms with Crippen molar-refractivity contribution >= 4 is 35.1 Å². The molecular formula is C18H14ClN3O. The van der Waals surface area contributed by atoms with Crippen molar-refractivity contribution in [3.8, 4) is 11.1 Å². The summed E-state index contributed by atoms with van der Waals surface area (Å²) in [5.74, 6) is 0.519. The number of nitrogens with one attached hydrogen (secondary N) is 1. The second-order valence-corrected chi connectivity index (χ2v) is 5.34. The first-order valence-corrected chi connectivity index (χ1v) is 7.39. The minimum absolute atomic E-state index is 0.516. The molecular weight excluding hydrogens is 310 g/mol. The fourth-order valence-electron chi connectivity index (χ4n) is 2.36. The Morgan fingerprint density at radius 3 is 2.57 bits per heavy atom. The fraction of sp³-hybridized carbons (Fsp3) is 0. The molecule has 0 amide bonds. The molecule has 1 aromatic heterocycles. The highest BCUT2D eigenvalue weighted by Gasteiger charge is 2.13. The van der Waals surface area contributed by atoms with Crippen molar-refractivity contribution in [1.29, 1.82) is 0 Å². The maximum absolute atomic E-state index is 11.3. The summed E-state index contributed by atoms with van der Waals surface area (Å²) < 4.78 is 0. The third-order valence-corrected chi connectivity index (χ3v) is 3.79. The van der Waals surface area contributed by atoms with Gasteiger partial charge in [0.05, 0.1) is 16.4 Å². The first-order valence-electron chi connectivity index (χ1n) is 7.01. The van der Waals surface area contributed by atoms with Crippen LogP contribution in [0.2, 0.25) is 5.02 Å². The Morgan fingerprint density at radius 1 is 1.00 bits per heavy atom. The monoisotopic (exact) mass is 323 g/mol. The molecule has 1 heterocycles. The van der Waals surface area contributed by atoms with Gasteiger partial charge in [0, 0.05) is 17.3 Å². The molecule has 0 unspecified atom stereocenters. The van der Waals surface area contributed by atoms with E-state index in [9.17, 15) is 4.79 Å². The van der Waals surface area contributed by atoms with E-state index >= 15 is 0 Å². The quantitative estimate of drug-likeness (QED) is 0.692. The molecule has 0 radical (unpaired) electrons. The highest BCUT2D eigenvalue weighted by Crippen LogP contribution is 2.37. The van der Waals surface area contributed by atoms with Crippen molar-refractivity contribution in [2.24, 2.45) is 0 Å². The number of hydrogen-bond donors (Lipinski definition) is 2. The van der Waals surface area contributed by atoms with Crippen LogP contribution in [-0.4, -0.2) is 11.3 Å². The van der Waals surface area contributed by atoms with Gasteiger partial charge in [-0.2, -0.15) is 0 Å². The molecule has 4 nitrogen and oxygen atoms in total. The van der Waals surface area contributed by atoms with Crippen molar-refractivity contribution in [3.63, 3.8) is 0 Å². The number of carbonyl (C=O) groups excluding carboxylic acids is 1. The van der Waals surface area contributed by atoms with E-state index in [2.05, 4.69) is 10.3 Å². The molecule has 0 saturated carbocycles. The molecule has 0 spiro atoms. The number of anilines is 3. The molecule has 23 heavy (non-hydrogen) atoms. The lowest BCUT2D eigenvalue weighted by atomic mass is 9.98. The number of hydrogen-bond acceptors (Lipinski definition) is 4. The molecule has 0 fully saturated rings. The topological polar surface area (TPSA) is 68.0 Å². The Kier molecular flexibility index (Phi) is 4.26. The van der Waals surface area contributed by atoms with E-state index in [1.165, 1.54) is 0 Å². The summed E-state index contributed by atoms with van der Waals surface area (Å²) in [6, 6.07) is 16.4. The highest BCUT2D eigenvalue weighted by molar-refractivity contribution is 6.34. The zero-order chi connectivity index (χ0) is 16.2. The third kappa shape index (κ3) is 3.03. The standard InChI is InChI=1S/C18H14ClN3O/c19-15-8-3-7-14(13-6-2-1-5-12(13)11-23)17(15)22-18-16(20)9-4-10-21-18/h1-11H,20H2,(H,21,22). The highest BCUT2D eigenvalue weighted by atomic mass is 35.5. The van der Waals surface area contributed by atoms with Gasteiger partial charge in [0.15, 0.2) is 12.1 Å². The number of nitrogens with two attached hydrogens (primary N) is 1. The molecule has 0 aliphatic rings. The number of carbonyl (C=O) groups is 1. The number of aromatic nitrogens is 1. The van der Waals surface area contributed by atoms with E-state index in [1.54, 1.807) is 30.5 Å². The second-order valence-electron chi connectivity index (χ2n) is 4.93. The predicted octanol–water partition coefficient (Wildman–Crippen LogP) is 4.54. The van der Waals surface area contributed by atoms with Gasteiger partial charge in [-0.3, -0.25) is 4.79 Å². The summed E-state index contributed by atoms with van der Waals surface area (Å²) in [6.07, 6.45) is 2.48. The van der Waals surface area contributed by atoms with Gasteiger partial charge in [0.2, 0.25) is 0 Å². The molecule has 0 bridgehead atoms. The van der Waals surface area contributed by atoms with E-state index in [0.717, 1.165) is 17.4 Å². The Hall–Kier alpha value is -2.85. The summed E-state index contributed by atoms with van der Waals surface area (Å²) in [5, 5.41) is 3.70. The Bertz CT molecular complexity index is 864.